The number of rotatable bonds is 5. The van der Waals surface area contributed by atoms with Gasteiger partial charge in [-0.1, -0.05) is 34.1 Å². The van der Waals surface area contributed by atoms with Crippen molar-refractivity contribution in [2.75, 3.05) is 18.9 Å². The summed E-state index contributed by atoms with van der Waals surface area (Å²) in [7, 11) is -1.71. The van der Waals surface area contributed by atoms with E-state index in [4.69, 9.17) is 0 Å². The van der Waals surface area contributed by atoms with E-state index in [-0.39, 0.29) is 0 Å². The minimum Gasteiger partial charge on any atom is -0.207 e. The Morgan fingerprint density at radius 2 is 1.94 bits per heavy atom. The number of nitrogens with zero attached hydrogens (tertiary/aromatic N) is 1. The van der Waals surface area contributed by atoms with E-state index in [1.165, 1.54) is 4.31 Å². The van der Waals surface area contributed by atoms with Gasteiger partial charge in [-0.2, -0.15) is 0 Å². The first kappa shape index (κ1) is 13.7. The molecule has 0 aliphatic heterocycles. The van der Waals surface area contributed by atoms with E-state index in [9.17, 15) is 8.42 Å². The summed E-state index contributed by atoms with van der Waals surface area (Å²) in [4.78, 5) is 0.395. The van der Waals surface area contributed by atoms with Crippen LogP contribution in [0.2, 0.25) is 0 Å². The molecule has 0 amide bonds. The molecule has 0 saturated heterocycles. The summed E-state index contributed by atoms with van der Waals surface area (Å²) in [5.41, 5.74) is 0.785. The van der Waals surface area contributed by atoms with Gasteiger partial charge in [0.05, 0.1) is 4.90 Å². The number of benzene rings is 1. The van der Waals surface area contributed by atoms with Crippen molar-refractivity contribution in [1.82, 2.24) is 4.31 Å². The average Bonchev–Trinajstić information content (AvgIpc) is 2.26. The Balaban J connectivity index is 2.98. The highest BCUT2D eigenvalue weighted by molar-refractivity contribution is 9.09. The molecule has 1 rings (SSSR count). The second-order valence-corrected chi connectivity index (χ2v) is 6.44. The van der Waals surface area contributed by atoms with Crippen LogP contribution in [0.3, 0.4) is 0 Å². The van der Waals surface area contributed by atoms with Gasteiger partial charge in [-0.05, 0) is 25.0 Å². The molecule has 5 heteroatoms. The lowest BCUT2D eigenvalue weighted by molar-refractivity contribution is 0.469. The van der Waals surface area contributed by atoms with Crippen molar-refractivity contribution in [1.29, 1.82) is 0 Å². The van der Waals surface area contributed by atoms with Crippen LogP contribution in [-0.2, 0) is 10.0 Å². The van der Waals surface area contributed by atoms with Crippen LogP contribution in [0.15, 0.2) is 29.2 Å². The van der Waals surface area contributed by atoms with Crippen molar-refractivity contribution in [3.8, 4) is 0 Å². The lowest BCUT2D eigenvalue weighted by atomic mass is 10.2. The summed E-state index contributed by atoms with van der Waals surface area (Å²) < 4.78 is 25.7. The summed E-state index contributed by atoms with van der Waals surface area (Å²) >= 11 is 3.29. The largest absolute Gasteiger partial charge is 0.243 e. The van der Waals surface area contributed by atoms with E-state index in [0.717, 1.165) is 17.3 Å². The molecule has 0 aromatic heterocycles. The molecule has 0 atom stereocenters. The molecule has 1 aromatic rings. The molecule has 0 aliphatic rings. The van der Waals surface area contributed by atoms with Crippen molar-refractivity contribution in [3.05, 3.63) is 29.8 Å². The van der Waals surface area contributed by atoms with E-state index in [1.54, 1.807) is 19.2 Å². The molecule has 1 aromatic carbocycles. The molecule has 0 heterocycles. The maximum atomic E-state index is 12.2. The number of alkyl halides is 1. The van der Waals surface area contributed by atoms with E-state index in [2.05, 4.69) is 15.9 Å². The maximum Gasteiger partial charge on any atom is 0.243 e. The Kier molecular flexibility index (Phi) is 4.95. The van der Waals surface area contributed by atoms with Crippen molar-refractivity contribution in [2.45, 2.75) is 18.2 Å². The lowest BCUT2D eigenvalue weighted by Gasteiger charge is -2.17. The van der Waals surface area contributed by atoms with Crippen LogP contribution in [0.5, 0.6) is 0 Å². The van der Waals surface area contributed by atoms with Crippen LogP contribution in [0.25, 0.3) is 0 Å². The van der Waals surface area contributed by atoms with Crippen molar-refractivity contribution >= 4 is 26.0 Å². The lowest BCUT2D eigenvalue weighted by Crippen LogP contribution is -2.28. The van der Waals surface area contributed by atoms with E-state index >= 15 is 0 Å². The normalized spacial score (nSPS) is 12.0. The third-order valence-corrected chi connectivity index (χ3v) is 4.97. The number of hydrogen-bond donors (Lipinski definition) is 0. The fourth-order valence-corrected chi connectivity index (χ4v) is 3.10. The minimum absolute atomic E-state index is 0.395. The van der Waals surface area contributed by atoms with Gasteiger partial charge in [0.2, 0.25) is 10.0 Å². The van der Waals surface area contributed by atoms with Gasteiger partial charge in [0, 0.05) is 18.9 Å². The number of aryl methyl sites for hydroxylation is 1. The maximum absolute atomic E-state index is 12.2. The Hall–Kier alpha value is -0.390. The third-order valence-electron chi connectivity index (χ3n) is 2.39. The van der Waals surface area contributed by atoms with Gasteiger partial charge >= 0.3 is 0 Å². The van der Waals surface area contributed by atoms with Crippen LogP contribution in [0.4, 0.5) is 0 Å². The first-order valence-electron chi connectivity index (χ1n) is 5.08. The zero-order valence-corrected chi connectivity index (χ0v) is 11.9. The molecular formula is C11H16BrNO2S. The van der Waals surface area contributed by atoms with E-state index in [0.29, 0.717) is 11.4 Å². The minimum atomic E-state index is -3.33. The van der Waals surface area contributed by atoms with Crippen LogP contribution < -0.4 is 0 Å². The van der Waals surface area contributed by atoms with Gasteiger partial charge in [0.1, 0.15) is 0 Å². The van der Waals surface area contributed by atoms with Crippen LogP contribution in [0, 0.1) is 6.92 Å². The zero-order valence-electron chi connectivity index (χ0n) is 9.48. The van der Waals surface area contributed by atoms with Crippen LogP contribution >= 0.6 is 15.9 Å². The summed E-state index contributed by atoms with van der Waals surface area (Å²) in [6.45, 7) is 2.34. The van der Waals surface area contributed by atoms with Crippen molar-refractivity contribution in [2.24, 2.45) is 0 Å². The second kappa shape index (κ2) is 5.80. The van der Waals surface area contributed by atoms with Gasteiger partial charge < -0.3 is 0 Å². The topological polar surface area (TPSA) is 37.4 Å². The van der Waals surface area contributed by atoms with Gasteiger partial charge in [-0.15, -0.1) is 0 Å². The van der Waals surface area contributed by atoms with E-state index in [1.807, 2.05) is 19.1 Å². The predicted octanol–water partition coefficient (Wildman–Crippen LogP) is 2.40. The molecule has 90 valence electrons. The summed E-state index contributed by atoms with van der Waals surface area (Å²) in [6.07, 6.45) is 0.807. The fourth-order valence-electron chi connectivity index (χ4n) is 1.42. The smallest absolute Gasteiger partial charge is 0.207 e. The SMILES string of the molecule is Cc1ccccc1S(=O)(=O)N(C)CCCBr. The summed E-state index contributed by atoms with van der Waals surface area (Å²) in [5.74, 6) is 0. The molecule has 0 N–H and O–H groups in total. The standard InChI is InChI=1S/C11H16BrNO2S/c1-10-6-3-4-7-11(10)16(14,15)13(2)9-5-8-12/h3-4,6-7H,5,8-9H2,1-2H3. The number of hydrogen-bond acceptors (Lipinski definition) is 2. The summed E-state index contributed by atoms with van der Waals surface area (Å²) in [5, 5.41) is 0.806. The Bertz CT molecular complexity index is 445. The molecule has 0 aliphatic carbocycles. The predicted molar refractivity (Wildman–Crippen MR) is 69.4 cm³/mol. The second-order valence-electron chi connectivity index (χ2n) is 3.63. The van der Waals surface area contributed by atoms with Gasteiger partial charge in [0.15, 0.2) is 0 Å². The molecule has 0 radical (unpaired) electrons. The Morgan fingerprint density at radius 1 is 1.31 bits per heavy atom. The number of sulfonamides is 1. The molecule has 0 saturated carbocycles. The van der Waals surface area contributed by atoms with E-state index < -0.39 is 10.0 Å². The highest BCUT2D eigenvalue weighted by Gasteiger charge is 2.21. The van der Waals surface area contributed by atoms with Crippen LogP contribution in [0.1, 0.15) is 12.0 Å². The van der Waals surface area contributed by atoms with Crippen molar-refractivity contribution < 1.29 is 8.42 Å². The Morgan fingerprint density at radius 3 is 2.50 bits per heavy atom. The monoisotopic (exact) mass is 305 g/mol. The molecule has 16 heavy (non-hydrogen) atoms. The molecular weight excluding hydrogens is 290 g/mol. The van der Waals surface area contributed by atoms with Crippen molar-refractivity contribution in [3.63, 3.8) is 0 Å². The van der Waals surface area contributed by atoms with Gasteiger partial charge in [0.25, 0.3) is 0 Å². The number of halogens is 1. The highest BCUT2D eigenvalue weighted by atomic mass is 79.9. The third kappa shape index (κ3) is 3.06. The summed E-state index contributed by atoms with van der Waals surface area (Å²) in [6, 6.07) is 7.05. The molecule has 0 unspecified atom stereocenters. The quantitative estimate of drug-likeness (QED) is 0.783. The van der Waals surface area contributed by atoms with Gasteiger partial charge in [-0.25, -0.2) is 12.7 Å². The first-order valence-corrected chi connectivity index (χ1v) is 7.64. The average molecular weight is 306 g/mol. The van der Waals surface area contributed by atoms with Gasteiger partial charge in [-0.3, -0.25) is 0 Å². The van der Waals surface area contributed by atoms with Crippen LogP contribution in [-0.4, -0.2) is 31.6 Å². The molecule has 0 fully saturated rings. The molecule has 3 nitrogen and oxygen atoms in total. The zero-order chi connectivity index (χ0) is 12.2. The Labute approximate surface area is 106 Å². The molecule has 0 spiro atoms. The molecule has 0 bridgehead atoms. The highest BCUT2D eigenvalue weighted by Crippen LogP contribution is 2.18. The first-order chi connectivity index (χ1) is 7.50. The fraction of sp³-hybridized carbons (Fsp3) is 0.455.